The van der Waals surface area contributed by atoms with Gasteiger partial charge >= 0.3 is 0 Å². The molecule has 1 saturated carbocycles. The molecule has 23 heavy (non-hydrogen) atoms. The second-order valence-electron chi connectivity index (χ2n) is 6.74. The number of hydrogen-bond donors (Lipinski definition) is 1. The van der Waals surface area contributed by atoms with Crippen LogP contribution in [0.15, 0.2) is 22.8 Å². The van der Waals surface area contributed by atoms with Gasteiger partial charge in [-0.1, -0.05) is 19.3 Å². The molecule has 5 heteroatoms. The quantitative estimate of drug-likeness (QED) is 0.907. The molecule has 1 unspecified atom stereocenters. The predicted molar refractivity (Wildman–Crippen MR) is 86.4 cm³/mol. The summed E-state index contributed by atoms with van der Waals surface area (Å²) in [6.07, 6.45) is 8.63. The highest BCUT2D eigenvalue weighted by Crippen LogP contribution is 2.37. The van der Waals surface area contributed by atoms with Crippen LogP contribution < -0.4 is 5.32 Å². The van der Waals surface area contributed by atoms with Crippen molar-refractivity contribution in [3.8, 4) is 6.07 Å². The Labute approximate surface area is 137 Å². The summed E-state index contributed by atoms with van der Waals surface area (Å²) in [4.78, 5) is 15.0. The lowest BCUT2D eigenvalue weighted by Gasteiger charge is -2.34. The number of nitrogens with one attached hydrogen (secondary N) is 1. The molecule has 1 aromatic heterocycles. The van der Waals surface area contributed by atoms with Gasteiger partial charge in [-0.3, -0.25) is 9.69 Å². The third-order valence-corrected chi connectivity index (χ3v) is 5.26. The normalized spacial score (nSPS) is 22.4. The van der Waals surface area contributed by atoms with Crippen molar-refractivity contribution in [2.24, 2.45) is 5.41 Å². The molecule has 3 rings (SSSR count). The van der Waals surface area contributed by atoms with Crippen LogP contribution >= 0.6 is 0 Å². The van der Waals surface area contributed by atoms with E-state index in [2.05, 4.69) is 16.3 Å². The fourth-order valence-electron chi connectivity index (χ4n) is 3.85. The van der Waals surface area contributed by atoms with Crippen LogP contribution in [0, 0.1) is 16.7 Å². The largest absolute Gasteiger partial charge is 0.468 e. The van der Waals surface area contributed by atoms with E-state index in [-0.39, 0.29) is 11.9 Å². The third kappa shape index (κ3) is 3.42. The van der Waals surface area contributed by atoms with Gasteiger partial charge in [-0.25, -0.2) is 0 Å². The number of furan rings is 1. The average molecular weight is 315 g/mol. The van der Waals surface area contributed by atoms with E-state index < -0.39 is 5.41 Å². The Morgan fingerprint density at radius 1 is 1.30 bits per heavy atom. The summed E-state index contributed by atoms with van der Waals surface area (Å²) >= 11 is 0. The molecule has 2 heterocycles. The number of likely N-dealkylation sites (tertiary alicyclic amines) is 1. The van der Waals surface area contributed by atoms with Crippen molar-refractivity contribution in [2.45, 2.75) is 51.0 Å². The maximum atomic E-state index is 12.6. The first-order valence-electron chi connectivity index (χ1n) is 8.72. The second kappa shape index (κ2) is 7.18. The molecular formula is C18H25N3O2. The van der Waals surface area contributed by atoms with Crippen molar-refractivity contribution < 1.29 is 9.21 Å². The first kappa shape index (κ1) is 16.1. The molecule has 1 N–H and O–H groups in total. The Kier molecular flexibility index (Phi) is 5.02. The van der Waals surface area contributed by atoms with Crippen LogP contribution in [0.3, 0.4) is 0 Å². The summed E-state index contributed by atoms with van der Waals surface area (Å²) in [5.41, 5.74) is -0.810. The van der Waals surface area contributed by atoms with Crippen LogP contribution in [0.4, 0.5) is 0 Å². The SMILES string of the molecule is N#CC1(C(=O)NCC(c2ccco2)N2CCCCC2)CCCC1. The maximum absolute atomic E-state index is 12.6. The number of nitrogens with zero attached hydrogens (tertiary/aromatic N) is 2. The second-order valence-corrected chi connectivity index (χ2v) is 6.74. The minimum absolute atomic E-state index is 0.0615. The van der Waals surface area contributed by atoms with E-state index in [9.17, 15) is 10.1 Å². The van der Waals surface area contributed by atoms with Gasteiger partial charge in [0.1, 0.15) is 11.2 Å². The standard InChI is InChI=1S/C18H25N3O2/c19-14-18(8-2-3-9-18)17(22)20-13-15(16-7-6-12-23-16)21-10-4-1-5-11-21/h6-7,12,15H,1-5,8-11,13H2,(H,20,22). The van der Waals surface area contributed by atoms with E-state index in [1.165, 1.54) is 19.3 Å². The topological polar surface area (TPSA) is 69.3 Å². The molecule has 2 aliphatic rings. The average Bonchev–Trinajstić information content (AvgIpc) is 3.28. The van der Waals surface area contributed by atoms with Crippen LogP contribution in [0.2, 0.25) is 0 Å². The van der Waals surface area contributed by atoms with Gasteiger partial charge in [0, 0.05) is 6.54 Å². The molecule has 124 valence electrons. The zero-order valence-corrected chi connectivity index (χ0v) is 13.6. The molecule has 1 aliphatic heterocycles. The van der Waals surface area contributed by atoms with Gasteiger partial charge in [-0.05, 0) is 50.9 Å². The minimum atomic E-state index is -0.810. The lowest BCUT2D eigenvalue weighted by atomic mass is 9.87. The van der Waals surface area contributed by atoms with Crippen LogP contribution in [0.5, 0.6) is 0 Å². The van der Waals surface area contributed by atoms with Gasteiger partial charge in [0.25, 0.3) is 0 Å². The summed E-state index contributed by atoms with van der Waals surface area (Å²) in [6.45, 7) is 2.57. The first-order chi connectivity index (χ1) is 11.2. The highest BCUT2D eigenvalue weighted by Gasteiger charge is 2.41. The van der Waals surface area contributed by atoms with Crippen LogP contribution in [0.1, 0.15) is 56.7 Å². The molecule has 1 amide bonds. The van der Waals surface area contributed by atoms with Crippen LogP contribution in [-0.2, 0) is 4.79 Å². The molecule has 5 nitrogen and oxygen atoms in total. The zero-order chi connectivity index (χ0) is 16.1. The Balaban J connectivity index is 1.67. The molecule has 0 radical (unpaired) electrons. The van der Waals surface area contributed by atoms with Crippen molar-refractivity contribution in [3.63, 3.8) is 0 Å². The van der Waals surface area contributed by atoms with Crippen molar-refractivity contribution in [1.29, 1.82) is 5.26 Å². The Hall–Kier alpha value is -1.80. The van der Waals surface area contributed by atoms with Crippen LogP contribution in [-0.4, -0.2) is 30.4 Å². The fourth-order valence-corrected chi connectivity index (χ4v) is 3.85. The van der Waals surface area contributed by atoms with Crippen molar-refractivity contribution in [2.75, 3.05) is 19.6 Å². The summed E-state index contributed by atoms with van der Waals surface area (Å²) in [6, 6.07) is 6.19. The highest BCUT2D eigenvalue weighted by atomic mass is 16.3. The number of rotatable bonds is 5. The molecule has 1 aliphatic carbocycles. The molecule has 2 fully saturated rings. The van der Waals surface area contributed by atoms with E-state index in [4.69, 9.17) is 4.42 Å². The van der Waals surface area contributed by atoms with Gasteiger partial charge in [0.05, 0.1) is 18.4 Å². The first-order valence-corrected chi connectivity index (χ1v) is 8.72. The molecular weight excluding hydrogens is 290 g/mol. The van der Waals surface area contributed by atoms with E-state index >= 15 is 0 Å². The lowest BCUT2D eigenvalue weighted by molar-refractivity contribution is -0.128. The molecule has 1 atom stereocenters. The van der Waals surface area contributed by atoms with Gasteiger partial charge in [0.15, 0.2) is 0 Å². The Morgan fingerprint density at radius 2 is 2.04 bits per heavy atom. The lowest BCUT2D eigenvalue weighted by Crippen LogP contribution is -2.44. The van der Waals surface area contributed by atoms with E-state index in [1.807, 2.05) is 12.1 Å². The molecule has 0 aromatic carbocycles. The number of piperidine rings is 1. The van der Waals surface area contributed by atoms with Crippen molar-refractivity contribution in [1.82, 2.24) is 10.2 Å². The van der Waals surface area contributed by atoms with Gasteiger partial charge in [0.2, 0.25) is 5.91 Å². The fraction of sp³-hybridized carbons (Fsp3) is 0.667. The molecule has 0 bridgehead atoms. The Morgan fingerprint density at radius 3 is 2.65 bits per heavy atom. The summed E-state index contributed by atoms with van der Waals surface area (Å²) in [5, 5.41) is 12.5. The highest BCUT2D eigenvalue weighted by molar-refractivity contribution is 5.85. The number of carbonyl (C=O) groups excluding carboxylic acids is 1. The predicted octanol–water partition coefficient (Wildman–Crippen LogP) is 3.01. The number of carbonyl (C=O) groups is 1. The maximum Gasteiger partial charge on any atom is 0.240 e. The molecule has 0 spiro atoms. The van der Waals surface area contributed by atoms with Gasteiger partial charge in [-0.15, -0.1) is 0 Å². The number of amides is 1. The monoisotopic (exact) mass is 315 g/mol. The molecule has 1 saturated heterocycles. The zero-order valence-electron chi connectivity index (χ0n) is 13.6. The molecule has 1 aromatic rings. The summed E-state index contributed by atoms with van der Waals surface area (Å²) < 4.78 is 5.60. The number of hydrogen-bond acceptors (Lipinski definition) is 4. The van der Waals surface area contributed by atoms with Crippen molar-refractivity contribution in [3.05, 3.63) is 24.2 Å². The number of nitriles is 1. The van der Waals surface area contributed by atoms with Crippen LogP contribution in [0.25, 0.3) is 0 Å². The van der Waals surface area contributed by atoms with E-state index in [0.717, 1.165) is 31.7 Å². The van der Waals surface area contributed by atoms with Crippen molar-refractivity contribution >= 4 is 5.91 Å². The third-order valence-electron chi connectivity index (χ3n) is 5.26. The van der Waals surface area contributed by atoms with Gasteiger partial charge in [-0.2, -0.15) is 5.26 Å². The van der Waals surface area contributed by atoms with E-state index in [1.54, 1.807) is 6.26 Å². The minimum Gasteiger partial charge on any atom is -0.468 e. The van der Waals surface area contributed by atoms with E-state index in [0.29, 0.717) is 19.4 Å². The Bertz CT molecular complexity index is 549. The van der Waals surface area contributed by atoms with Gasteiger partial charge < -0.3 is 9.73 Å². The summed E-state index contributed by atoms with van der Waals surface area (Å²) in [7, 11) is 0. The summed E-state index contributed by atoms with van der Waals surface area (Å²) in [5.74, 6) is 0.788. The smallest absolute Gasteiger partial charge is 0.240 e.